The summed E-state index contributed by atoms with van der Waals surface area (Å²) in [6, 6.07) is 17.3. The molecule has 0 saturated heterocycles. The highest BCUT2D eigenvalue weighted by Gasteiger charge is 2.19. The van der Waals surface area contributed by atoms with Gasteiger partial charge in [0.05, 0.1) is 23.1 Å². The number of rotatable bonds is 4. The van der Waals surface area contributed by atoms with Crippen LogP contribution in [0, 0.1) is 0 Å². The minimum Gasteiger partial charge on any atom is -0.494 e. The van der Waals surface area contributed by atoms with Crippen LogP contribution in [0.5, 0.6) is 5.88 Å². The van der Waals surface area contributed by atoms with E-state index in [2.05, 4.69) is 11.6 Å². The topological polar surface area (TPSA) is 59.5 Å². The predicted molar refractivity (Wildman–Crippen MR) is 98.1 cm³/mol. The fourth-order valence-electron chi connectivity index (χ4n) is 3.12. The third-order valence-corrected chi connectivity index (χ3v) is 4.30. The van der Waals surface area contributed by atoms with Gasteiger partial charge in [-0.3, -0.25) is 9.36 Å². The summed E-state index contributed by atoms with van der Waals surface area (Å²) in [6.45, 7) is 4.12. The Morgan fingerprint density at radius 1 is 1.08 bits per heavy atom. The molecule has 0 saturated carbocycles. The largest absolute Gasteiger partial charge is 0.494 e. The first-order chi connectivity index (χ1) is 12.2. The molecule has 0 aliphatic heterocycles. The Kier molecular flexibility index (Phi) is 3.61. The van der Waals surface area contributed by atoms with Crippen molar-refractivity contribution in [2.75, 3.05) is 0 Å². The first kappa shape index (κ1) is 15.2. The van der Waals surface area contributed by atoms with Crippen molar-refractivity contribution in [2.45, 2.75) is 13.0 Å². The van der Waals surface area contributed by atoms with Gasteiger partial charge in [-0.2, -0.15) is 0 Å². The molecule has 25 heavy (non-hydrogen) atoms. The lowest BCUT2D eigenvalue weighted by molar-refractivity contribution is 0.413. The van der Waals surface area contributed by atoms with Crippen LogP contribution < -0.4 is 5.56 Å². The maximum absolute atomic E-state index is 12.9. The van der Waals surface area contributed by atoms with Gasteiger partial charge in [0.2, 0.25) is 11.7 Å². The molecule has 0 aliphatic carbocycles. The van der Waals surface area contributed by atoms with Gasteiger partial charge in [-0.15, -0.1) is 6.58 Å². The molecular formula is C20H17N3O2. The Labute approximate surface area is 144 Å². The Morgan fingerprint density at radius 3 is 2.56 bits per heavy atom. The van der Waals surface area contributed by atoms with Crippen LogP contribution in [0.3, 0.4) is 0 Å². The Morgan fingerprint density at radius 2 is 1.80 bits per heavy atom. The van der Waals surface area contributed by atoms with Gasteiger partial charge in [-0.05, 0) is 17.7 Å². The van der Waals surface area contributed by atoms with Gasteiger partial charge in [0, 0.05) is 6.42 Å². The van der Waals surface area contributed by atoms with E-state index in [4.69, 9.17) is 0 Å². The van der Waals surface area contributed by atoms with E-state index in [-0.39, 0.29) is 11.4 Å². The van der Waals surface area contributed by atoms with Crippen LogP contribution in [-0.4, -0.2) is 19.1 Å². The normalized spacial score (nSPS) is 11.2. The molecule has 5 nitrogen and oxygen atoms in total. The molecule has 124 valence electrons. The van der Waals surface area contributed by atoms with Gasteiger partial charge in [-0.1, -0.05) is 48.5 Å². The summed E-state index contributed by atoms with van der Waals surface area (Å²) in [4.78, 5) is 17.5. The van der Waals surface area contributed by atoms with E-state index in [9.17, 15) is 9.90 Å². The summed E-state index contributed by atoms with van der Waals surface area (Å²) in [7, 11) is 0. The predicted octanol–water partition coefficient (Wildman–Crippen LogP) is 3.13. The first-order valence-electron chi connectivity index (χ1n) is 8.07. The molecule has 4 rings (SSSR count). The van der Waals surface area contributed by atoms with E-state index in [1.165, 1.54) is 0 Å². The molecule has 0 atom stereocenters. The van der Waals surface area contributed by atoms with Gasteiger partial charge in [0.15, 0.2) is 0 Å². The van der Waals surface area contributed by atoms with Gasteiger partial charge >= 0.3 is 0 Å². The highest BCUT2D eigenvalue weighted by Crippen LogP contribution is 2.23. The minimum atomic E-state index is -0.259. The molecule has 5 heteroatoms. The summed E-state index contributed by atoms with van der Waals surface area (Å²) in [5.41, 5.74) is 2.53. The molecule has 0 aliphatic rings. The smallest absolute Gasteiger partial charge is 0.266 e. The monoisotopic (exact) mass is 331 g/mol. The summed E-state index contributed by atoms with van der Waals surface area (Å²) in [5, 5.41) is 10.7. The lowest BCUT2D eigenvalue weighted by Crippen LogP contribution is -2.23. The van der Waals surface area contributed by atoms with E-state index in [0.29, 0.717) is 24.3 Å². The lowest BCUT2D eigenvalue weighted by Gasteiger charge is -2.14. The number of fused-ring (bicyclic) bond motifs is 3. The standard InChI is InChI=1S/C20H17N3O2/c1-2-8-15-18(24)22(13-14-9-4-3-5-10-14)20-21-16-11-6-7-12-17(16)23(20)19(15)25/h2-7,9-12,24H,1,8,13H2. The van der Waals surface area contributed by atoms with Crippen molar-refractivity contribution in [1.82, 2.24) is 14.0 Å². The number of para-hydroxylation sites is 2. The molecule has 0 unspecified atom stereocenters. The van der Waals surface area contributed by atoms with Crippen molar-refractivity contribution >= 4 is 16.8 Å². The quantitative estimate of drug-likeness (QED) is 0.585. The zero-order valence-corrected chi connectivity index (χ0v) is 13.6. The molecule has 2 aromatic heterocycles. The van der Waals surface area contributed by atoms with Crippen LogP contribution in [0.25, 0.3) is 16.8 Å². The third kappa shape index (κ3) is 2.41. The van der Waals surface area contributed by atoms with E-state index >= 15 is 0 Å². The molecule has 2 aromatic carbocycles. The molecular weight excluding hydrogens is 314 g/mol. The number of nitrogens with zero attached hydrogens (tertiary/aromatic N) is 3. The van der Waals surface area contributed by atoms with Gasteiger partial charge < -0.3 is 5.11 Å². The molecule has 4 aromatic rings. The van der Waals surface area contributed by atoms with Crippen molar-refractivity contribution in [3.63, 3.8) is 0 Å². The number of imidazole rings is 1. The zero-order valence-electron chi connectivity index (χ0n) is 13.6. The van der Waals surface area contributed by atoms with E-state index in [1.807, 2.05) is 54.6 Å². The summed E-state index contributed by atoms with van der Waals surface area (Å²) >= 11 is 0. The molecule has 0 amide bonds. The second kappa shape index (κ2) is 5.94. The maximum atomic E-state index is 12.9. The second-order valence-corrected chi connectivity index (χ2v) is 5.91. The third-order valence-electron chi connectivity index (χ3n) is 4.30. The lowest BCUT2D eigenvalue weighted by atomic mass is 10.2. The highest BCUT2D eigenvalue weighted by atomic mass is 16.3. The fraction of sp³-hybridized carbons (Fsp3) is 0.100. The van der Waals surface area contributed by atoms with Crippen molar-refractivity contribution in [1.29, 1.82) is 0 Å². The molecule has 0 spiro atoms. The Bertz CT molecular complexity index is 1140. The number of hydrogen-bond donors (Lipinski definition) is 1. The van der Waals surface area contributed by atoms with E-state index < -0.39 is 0 Å². The van der Waals surface area contributed by atoms with E-state index in [1.54, 1.807) is 15.0 Å². The summed E-state index contributed by atoms with van der Waals surface area (Å²) < 4.78 is 3.24. The fourth-order valence-corrected chi connectivity index (χ4v) is 3.12. The Balaban J connectivity index is 2.09. The maximum Gasteiger partial charge on any atom is 0.266 e. The zero-order chi connectivity index (χ0) is 17.4. The number of benzene rings is 2. The summed E-state index contributed by atoms with van der Waals surface area (Å²) in [5.74, 6) is 0.372. The molecule has 1 N–H and O–H groups in total. The Hall–Kier alpha value is -3.34. The second-order valence-electron chi connectivity index (χ2n) is 5.91. The molecule has 0 fully saturated rings. The van der Waals surface area contributed by atoms with E-state index in [0.717, 1.165) is 16.6 Å². The number of allylic oxidation sites excluding steroid dienone is 1. The number of aromatic nitrogens is 3. The SMILES string of the molecule is C=CCc1c(O)n(Cc2ccccc2)c2nc3ccccc3n2c1=O. The average Bonchev–Trinajstić information content (AvgIpc) is 3.03. The van der Waals surface area contributed by atoms with Crippen LogP contribution in [0.2, 0.25) is 0 Å². The number of aromatic hydroxyl groups is 1. The first-order valence-corrected chi connectivity index (χ1v) is 8.07. The van der Waals surface area contributed by atoms with Gasteiger partial charge in [0.1, 0.15) is 0 Å². The van der Waals surface area contributed by atoms with Gasteiger partial charge in [-0.25, -0.2) is 9.38 Å². The van der Waals surface area contributed by atoms with Gasteiger partial charge in [0.25, 0.3) is 5.56 Å². The molecule has 0 bridgehead atoms. The van der Waals surface area contributed by atoms with Crippen molar-refractivity contribution in [3.8, 4) is 5.88 Å². The van der Waals surface area contributed by atoms with Crippen LogP contribution in [0.1, 0.15) is 11.1 Å². The summed E-state index contributed by atoms with van der Waals surface area (Å²) in [6.07, 6.45) is 1.91. The minimum absolute atomic E-state index is 0.0587. The van der Waals surface area contributed by atoms with Crippen molar-refractivity contribution in [3.05, 3.63) is 88.7 Å². The van der Waals surface area contributed by atoms with Crippen molar-refractivity contribution < 1.29 is 5.11 Å². The highest BCUT2D eigenvalue weighted by molar-refractivity contribution is 5.79. The number of hydrogen-bond acceptors (Lipinski definition) is 3. The van der Waals surface area contributed by atoms with Crippen LogP contribution in [0.4, 0.5) is 0 Å². The molecule has 2 heterocycles. The van der Waals surface area contributed by atoms with Crippen molar-refractivity contribution in [2.24, 2.45) is 0 Å². The average molecular weight is 331 g/mol. The van der Waals surface area contributed by atoms with Crippen LogP contribution in [0.15, 0.2) is 72.0 Å². The molecule has 0 radical (unpaired) electrons. The van der Waals surface area contributed by atoms with Crippen LogP contribution >= 0.6 is 0 Å². The van der Waals surface area contributed by atoms with Crippen LogP contribution in [-0.2, 0) is 13.0 Å².